The first kappa shape index (κ1) is 17.8. The molecule has 0 amide bonds. The molecule has 1 atom stereocenters. The molecule has 4 heteroatoms. The Morgan fingerprint density at radius 1 is 1.38 bits per heavy atom. The van der Waals surface area contributed by atoms with Crippen molar-refractivity contribution in [1.82, 2.24) is 15.2 Å². The number of thiocarbonyl (C=S) groups is 1. The van der Waals surface area contributed by atoms with Crippen LogP contribution in [0.4, 0.5) is 0 Å². The van der Waals surface area contributed by atoms with Crippen molar-refractivity contribution in [3.63, 3.8) is 0 Å². The third-order valence-electron chi connectivity index (χ3n) is 3.30. The Labute approximate surface area is 134 Å². The highest BCUT2D eigenvalue weighted by Gasteiger charge is 2.20. The Balaban J connectivity index is 2.85. The van der Waals surface area contributed by atoms with E-state index < -0.39 is 0 Å². The smallest absolute Gasteiger partial charge is 0.0860 e. The van der Waals surface area contributed by atoms with Gasteiger partial charge in [-0.15, -0.1) is 6.58 Å². The Hall–Kier alpha value is -1.26. The van der Waals surface area contributed by atoms with Crippen molar-refractivity contribution in [2.24, 2.45) is 0 Å². The Bertz CT molecular complexity index is 413. The minimum absolute atomic E-state index is 0.138. The average Bonchev–Trinajstić information content (AvgIpc) is 2.51. The normalized spacial score (nSPS) is 12.1. The predicted molar refractivity (Wildman–Crippen MR) is 94.8 cm³/mol. The lowest BCUT2D eigenvalue weighted by Gasteiger charge is -2.27. The van der Waals surface area contributed by atoms with Crippen molar-refractivity contribution in [1.29, 1.82) is 0 Å². The van der Waals surface area contributed by atoms with E-state index in [1.165, 1.54) is 0 Å². The first-order valence-electron chi connectivity index (χ1n) is 7.74. The fourth-order valence-corrected chi connectivity index (χ4v) is 2.65. The maximum atomic E-state index is 5.58. The Morgan fingerprint density at radius 2 is 2.10 bits per heavy atom. The first-order valence-corrected chi connectivity index (χ1v) is 8.15. The summed E-state index contributed by atoms with van der Waals surface area (Å²) in [5.41, 5.74) is 1.04. The summed E-state index contributed by atoms with van der Waals surface area (Å²) in [4.78, 5) is 7.83. The molecule has 1 heterocycles. The van der Waals surface area contributed by atoms with Gasteiger partial charge in [-0.3, -0.25) is 4.98 Å². The molecule has 0 aliphatic carbocycles. The van der Waals surface area contributed by atoms with E-state index in [1.807, 2.05) is 24.4 Å². The lowest BCUT2D eigenvalue weighted by molar-refractivity contribution is 0.270. The molecule has 116 valence electrons. The van der Waals surface area contributed by atoms with E-state index in [9.17, 15) is 0 Å². The van der Waals surface area contributed by atoms with Crippen LogP contribution in [0.2, 0.25) is 0 Å². The molecule has 0 saturated carbocycles. The summed E-state index contributed by atoms with van der Waals surface area (Å²) in [5, 5.41) is 3.27. The number of nitrogens with zero attached hydrogens (tertiary/aromatic N) is 2. The van der Waals surface area contributed by atoms with Crippen LogP contribution in [-0.2, 0) is 0 Å². The molecule has 1 rings (SSSR count). The van der Waals surface area contributed by atoms with Crippen molar-refractivity contribution in [3.05, 3.63) is 42.7 Å². The van der Waals surface area contributed by atoms with Crippen LogP contribution in [0.5, 0.6) is 0 Å². The topological polar surface area (TPSA) is 28.2 Å². The maximum Gasteiger partial charge on any atom is 0.0860 e. The van der Waals surface area contributed by atoms with Crippen molar-refractivity contribution in [2.75, 3.05) is 26.2 Å². The average molecular weight is 305 g/mol. The summed E-state index contributed by atoms with van der Waals surface area (Å²) in [6, 6.07) is 6.02. The maximum absolute atomic E-state index is 5.58. The van der Waals surface area contributed by atoms with Gasteiger partial charge in [0.05, 0.1) is 16.6 Å². The molecule has 0 aliphatic rings. The van der Waals surface area contributed by atoms with E-state index in [0.29, 0.717) is 6.54 Å². The van der Waals surface area contributed by atoms with Gasteiger partial charge in [0.25, 0.3) is 0 Å². The molecule has 1 aromatic rings. The van der Waals surface area contributed by atoms with Gasteiger partial charge >= 0.3 is 0 Å². The molecule has 1 N–H and O–H groups in total. The summed E-state index contributed by atoms with van der Waals surface area (Å²) in [7, 11) is 0. The number of hydrogen-bond acceptors (Lipinski definition) is 3. The zero-order valence-electron chi connectivity index (χ0n) is 13.2. The number of hydrogen-bond donors (Lipinski definition) is 1. The summed E-state index contributed by atoms with van der Waals surface area (Å²) in [6.07, 6.45) is 5.98. The molecule has 0 saturated heterocycles. The minimum Gasteiger partial charge on any atom is -0.376 e. The van der Waals surface area contributed by atoms with E-state index in [1.54, 1.807) is 0 Å². The quantitative estimate of drug-likeness (QED) is 0.530. The molecular weight excluding hydrogens is 278 g/mol. The number of aromatic nitrogens is 1. The first-order chi connectivity index (χ1) is 10.2. The largest absolute Gasteiger partial charge is 0.376 e. The standard InChI is InChI=1S/C17H27N3S/c1-4-10-19-17(21)15(16-9-7-8-11-18-16)14-20(12-5-2)13-6-3/h4,7-9,11,15H,1,5-6,10,12-14H2,2-3H3,(H,19,21). The molecule has 0 aliphatic heterocycles. The van der Waals surface area contributed by atoms with E-state index in [0.717, 1.165) is 43.2 Å². The predicted octanol–water partition coefficient (Wildman–Crippen LogP) is 3.39. The van der Waals surface area contributed by atoms with Gasteiger partial charge in [0.15, 0.2) is 0 Å². The molecule has 1 unspecified atom stereocenters. The van der Waals surface area contributed by atoms with Crippen LogP contribution in [-0.4, -0.2) is 41.1 Å². The van der Waals surface area contributed by atoms with E-state index in [-0.39, 0.29) is 5.92 Å². The van der Waals surface area contributed by atoms with Gasteiger partial charge in [0, 0.05) is 19.3 Å². The number of nitrogens with one attached hydrogen (secondary N) is 1. The number of rotatable bonds is 10. The van der Waals surface area contributed by atoms with E-state index in [4.69, 9.17) is 12.2 Å². The van der Waals surface area contributed by atoms with Crippen LogP contribution in [0.15, 0.2) is 37.1 Å². The zero-order chi connectivity index (χ0) is 15.5. The van der Waals surface area contributed by atoms with E-state index >= 15 is 0 Å². The van der Waals surface area contributed by atoms with Gasteiger partial charge in [-0.1, -0.05) is 38.2 Å². The van der Waals surface area contributed by atoms with Crippen LogP contribution >= 0.6 is 12.2 Å². The van der Waals surface area contributed by atoms with Gasteiger partial charge in [-0.05, 0) is 38.1 Å². The lowest BCUT2D eigenvalue weighted by atomic mass is 10.0. The van der Waals surface area contributed by atoms with Gasteiger partial charge in [-0.2, -0.15) is 0 Å². The molecule has 0 fully saturated rings. The molecule has 21 heavy (non-hydrogen) atoms. The van der Waals surface area contributed by atoms with Gasteiger partial charge < -0.3 is 10.2 Å². The Kier molecular flexibility index (Phi) is 8.87. The molecule has 0 radical (unpaired) electrons. The molecule has 0 spiro atoms. The second kappa shape index (κ2) is 10.5. The molecule has 0 bridgehead atoms. The highest BCUT2D eigenvalue weighted by Crippen LogP contribution is 2.17. The highest BCUT2D eigenvalue weighted by atomic mass is 32.1. The zero-order valence-corrected chi connectivity index (χ0v) is 14.0. The van der Waals surface area contributed by atoms with Crippen molar-refractivity contribution in [2.45, 2.75) is 32.6 Å². The summed E-state index contributed by atoms with van der Waals surface area (Å²) in [6.45, 7) is 12.0. The minimum atomic E-state index is 0.138. The van der Waals surface area contributed by atoms with E-state index in [2.05, 4.69) is 41.7 Å². The van der Waals surface area contributed by atoms with Gasteiger partial charge in [0.2, 0.25) is 0 Å². The molecule has 0 aromatic carbocycles. The van der Waals surface area contributed by atoms with Gasteiger partial charge in [0.1, 0.15) is 0 Å². The Morgan fingerprint density at radius 3 is 2.62 bits per heavy atom. The van der Waals surface area contributed by atoms with Gasteiger partial charge in [-0.25, -0.2) is 0 Å². The molecule has 1 aromatic heterocycles. The second-order valence-electron chi connectivity index (χ2n) is 5.14. The van der Waals surface area contributed by atoms with Crippen molar-refractivity contribution in [3.8, 4) is 0 Å². The second-order valence-corrected chi connectivity index (χ2v) is 5.58. The fourth-order valence-electron chi connectivity index (χ4n) is 2.37. The van der Waals surface area contributed by atoms with Crippen molar-refractivity contribution < 1.29 is 0 Å². The monoisotopic (exact) mass is 305 g/mol. The van der Waals surface area contributed by atoms with Crippen molar-refractivity contribution >= 4 is 17.2 Å². The fraction of sp³-hybridized carbons (Fsp3) is 0.529. The molecule has 3 nitrogen and oxygen atoms in total. The highest BCUT2D eigenvalue weighted by molar-refractivity contribution is 7.80. The van der Waals surface area contributed by atoms with Crippen LogP contribution in [0, 0.1) is 0 Å². The number of pyridine rings is 1. The lowest BCUT2D eigenvalue weighted by Crippen LogP contribution is -2.37. The van der Waals surface area contributed by atoms with Crippen LogP contribution < -0.4 is 5.32 Å². The summed E-state index contributed by atoms with van der Waals surface area (Å²) >= 11 is 5.58. The van der Waals surface area contributed by atoms with Crippen LogP contribution in [0.25, 0.3) is 0 Å². The molecular formula is C17H27N3S. The van der Waals surface area contributed by atoms with Crippen LogP contribution in [0.3, 0.4) is 0 Å². The summed E-state index contributed by atoms with van der Waals surface area (Å²) in [5.74, 6) is 0.138. The van der Waals surface area contributed by atoms with Crippen LogP contribution in [0.1, 0.15) is 38.3 Å². The third-order valence-corrected chi connectivity index (χ3v) is 3.73. The third kappa shape index (κ3) is 6.36. The summed E-state index contributed by atoms with van der Waals surface area (Å²) < 4.78 is 0. The SMILES string of the molecule is C=CCNC(=S)C(CN(CCC)CCC)c1ccccn1.